The Morgan fingerprint density at radius 2 is 2.17 bits per heavy atom. The van der Waals surface area contributed by atoms with E-state index in [2.05, 4.69) is 0 Å². The highest BCUT2D eigenvalue weighted by molar-refractivity contribution is 6.35. The van der Waals surface area contributed by atoms with Crippen LogP contribution in [0.15, 0.2) is 18.2 Å². The molecule has 0 spiro atoms. The Balaban J connectivity index is 2.70. The molecule has 96 valence electrons. The highest BCUT2D eigenvalue weighted by Gasteiger charge is 2.18. The van der Waals surface area contributed by atoms with Gasteiger partial charge in [0.25, 0.3) is 0 Å². The van der Waals surface area contributed by atoms with E-state index < -0.39 is 0 Å². The third-order valence-electron chi connectivity index (χ3n) is 3.03. The Hall–Kier alpha value is -1.32. The molecule has 0 atom stereocenters. The van der Waals surface area contributed by atoms with Gasteiger partial charge in [-0.1, -0.05) is 23.2 Å². The summed E-state index contributed by atoms with van der Waals surface area (Å²) in [6.07, 6.45) is 0. The first kappa shape index (κ1) is 13.1. The number of methoxy groups -OCH3 is 1. The number of halogens is 1. The molecule has 1 heterocycles. The number of aromatic nitrogens is 1. The number of carbonyl (C=O) groups excluding carboxylic acids is 1. The molecular weight excluding hydrogens is 250 g/mol. The Morgan fingerprint density at radius 1 is 1.44 bits per heavy atom. The molecule has 0 aliphatic rings. The zero-order valence-corrected chi connectivity index (χ0v) is 11.5. The van der Waals surface area contributed by atoms with Gasteiger partial charge >= 0.3 is 0 Å². The minimum atomic E-state index is -0.00762. The largest absolute Gasteiger partial charge is 0.383 e. The Bertz CT molecular complexity index is 601. The summed E-state index contributed by atoms with van der Waals surface area (Å²) in [5.41, 5.74) is 2.70. The second-order valence-corrected chi connectivity index (χ2v) is 4.75. The van der Waals surface area contributed by atoms with Gasteiger partial charge in [-0.05, 0) is 26.0 Å². The number of hydrogen-bond donors (Lipinski definition) is 0. The van der Waals surface area contributed by atoms with Gasteiger partial charge in [0.2, 0.25) is 0 Å². The van der Waals surface area contributed by atoms with Gasteiger partial charge in [0.1, 0.15) is 5.15 Å². The highest BCUT2D eigenvalue weighted by atomic mass is 35.5. The molecule has 0 bridgehead atoms. The summed E-state index contributed by atoms with van der Waals surface area (Å²) in [5, 5.41) is 1.42. The van der Waals surface area contributed by atoms with E-state index in [0.717, 1.165) is 16.5 Å². The minimum absolute atomic E-state index is 0.00762. The van der Waals surface area contributed by atoms with Gasteiger partial charge in [-0.25, -0.2) is 0 Å². The molecule has 0 saturated heterocycles. The molecule has 0 N–H and O–H groups in total. The van der Waals surface area contributed by atoms with Gasteiger partial charge in [0.05, 0.1) is 17.7 Å². The smallest absolute Gasteiger partial charge is 0.163 e. The fourth-order valence-electron chi connectivity index (χ4n) is 2.17. The molecule has 0 radical (unpaired) electrons. The van der Waals surface area contributed by atoms with E-state index >= 15 is 0 Å². The Kier molecular flexibility index (Phi) is 3.73. The third-order valence-corrected chi connectivity index (χ3v) is 3.42. The predicted molar refractivity (Wildman–Crippen MR) is 73.6 cm³/mol. The van der Waals surface area contributed by atoms with Crippen LogP contribution in [-0.4, -0.2) is 24.1 Å². The van der Waals surface area contributed by atoms with E-state index in [-0.39, 0.29) is 5.78 Å². The van der Waals surface area contributed by atoms with Crippen molar-refractivity contribution in [3.63, 3.8) is 0 Å². The quantitative estimate of drug-likeness (QED) is 0.793. The molecule has 4 heteroatoms. The predicted octanol–water partition coefficient (Wildman–Crippen LogP) is 3.45. The summed E-state index contributed by atoms with van der Waals surface area (Å²) >= 11 is 6.32. The normalized spacial score (nSPS) is 11.1. The first-order valence-corrected chi connectivity index (χ1v) is 6.22. The maximum Gasteiger partial charge on any atom is 0.163 e. The summed E-state index contributed by atoms with van der Waals surface area (Å²) in [6, 6.07) is 6.02. The number of carbonyl (C=O) groups is 1. The zero-order chi connectivity index (χ0) is 13.3. The molecule has 2 aromatic rings. The first-order chi connectivity index (χ1) is 8.56. The topological polar surface area (TPSA) is 31.2 Å². The lowest BCUT2D eigenvalue weighted by Gasteiger charge is -2.06. The van der Waals surface area contributed by atoms with Gasteiger partial charge in [-0.15, -0.1) is 0 Å². The van der Waals surface area contributed by atoms with Crippen LogP contribution in [0.25, 0.3) is 10.9 Å². The lowest BCUT2D eigenvalue weighted by atomic mass is 10.1. The number of rotatable bonds is 4. The van der Waals surface area contributed by atoms with E-state index in [1.165, 1.54) is 0 Å². The molecule has 0 fully saturated rings. The highest BCUT2D eigenvalue weighted by Crippen LogP contribution is 2.31. The van der Waals surface area contributed by atoms with Crippen molar-refractivity contribution in [3.05, 3.63) is 34.5 Å². The molecular formula is C14H16ClNO2. The number of hydrogen-bond acceptors (Lipinski definition) is 2. The summed E-state index contributed by atoms with van der Waals surface area (Å²) in [5.74, 6) is -0.00762. The van der Waals surface area contributed by atoms with E-state index in [0.29, 0.717) is 23.9 Å². The van der Waals surface area contributed by atoms with Crippen LogP contribution >= 0.6 is 11.6 Å². The first-order valence-electron chi connectivity index (χ1n) is 5.84. The summed E-state index contributed by atoms with van der Waals surface area (Å²) < 4.78 is 7.01. The van der Waals surface area contributed by atoms with Gasteiger partial charge < -0.3 is 9.30 Å². The number of fused-ring (bicyclic) bond motifs is 1. The number of ketones is 1. The monoisotopic (exact) mass is 265 g/mol. The van der Waals surface area contributed by atoms with Gasteiger partial charge in [-0.2, -0.15) is 0 Å². The van der Waals surface area contributed by atoms with Gasteiger partial charge in [-0.3, -0.25) is 4.79 Å². The number of ether oxygens (including phenoxy) is 1. The molecule has 1 aromatic heterocycles. The summed E-state index contributed by atoms with van der Waals surface area (Å²) in [4.78, 5) is 11.7. The maximum atomic E-state index is 11.7. The molecule has 0 unspecified atom stereocenters. The Morgan fingerprint density at radius 3 is 2.78 bits per heavy atom. The van der Waals surface area contributed by atoms with Crippen LogP contribution in [0.3, 0.4) is 0 Å². The SMILES string of the molecule is COCCn1c(Cl)c(C(C)=O)c2cc(C)ccc21. The number of nitrogens with zero attached hydrogens (tertiary/aromatic N) is 1. The van der Waals surface area contributed by atoms with E-state index in [1.807, 2.05) is 29.7 Å². The molecule has 0 saturated carbocycles. The zero-order valence-electron chi connectivity index (χ0n) is 10.8. The number of aryl methyl sites for hydroxylation is 1. The van der Waals surface area contributed by atoms with Gasteiger partial charge in [0, 0.05) is 19.0 Å². The van der Waals surface area contributed by atoms with Crippen molar-refractivity contribution in [3.8, 4) is 0 Å². The lowest BCUT2D eigenvalue weighted by Crippen LogP contribution is -2.04. The molecule has 3 nitrogen and oxygen atoms in total. The van der Waals surface area contributed by atoms with Crippen molar-refractivity contribution in [1.29, 1.82) is 0 Å². The van der Waals surface area contributed by atoms with Crippen LogP contribution in [-0.2, 0) is 11.3 Å². The van der Waals surface area contributed by atoms with Crippen LogP contribution < -0.4 is 0 Å². The van der Waals surface area contributed by atoms with E-state index in [1.54, 1.807) is 14.0 Å². The van der Waals surface area contributed by atoms with Crippen molar-refractivity contribution in [2.45, 2.75) is 20.4 Å². The average molecular weight is 266 g/mol. The molecule has 0 amide bonds. The maximum absolute atomic E-state index is 11.7. The van der Waals surface area contributed by atoms with Crippen LogP contribution in [0, 0.1) is 6.92 Å². The standard InChI is InChI=1S/C14H16ClNO2/c1-9-4-5-12-11(8-9)13(10(2)17)14(15)16(12)6-7-18-3/h4-5,8H,6-7H2,1-3H3. The summed E-state index contributed by atoms with van der Waals surface area (Å²) in [7, 11) is 1.65. The fourth-order valence-corrected chi connectivity index (χ4v) is 2.58. The van der Waals surface area contributed by atoms with Crippen LogP contribution in [0.5, 0.6) is 0 Å². The van der Waals surface area contributed by atoms with Crippen molar-refractivity contribution >= 4 is 28.3 Å². The minimum Gasteiger partial charge on any atom is -0.383 e. The average Bonchev–Trinajstić information content (AvgIpc) is 2.58. The van der Waals surface area contributed by atoms with E-state index in [4.69, 9.17) is 16.3 Å². The second-order valence-electron chi connectivity index (χ2n) is 4.39. The number of Topliss-reactive ketones (excluding diaryl/α,β-unsaturated/α-hetero) is 1. The summed E-state index contributed by atoms with van der Waals surface area (Å²) in [6.45, 7) is 4.75. The number of benzene rings is 1. The van der Waals surface area contributed by atoms with Crippen molar-refractivity contribution < 1.29 is 9.53 Å². The second kappa shape index (κ2) is 5.12. The van der Waals surface area contributed by atoms with Crippen molar-refractivity contribution in [2.75, 3.05) is 13.7 Å². The van der Waals surface area contributed by atoms with Crippen LogP contribution in [0.4, 0.5) is 0 Å². The lowest BCUT2D eigenvalue weighted by molar-refractivity contribution is 0.101. The molecule has 0 aliphatic carbocycles. The molecule has 2 rings (SSSR count). The van der Waals surface area contributed by atoms with Crippen LogP contribution in [0.2, 0.25) is 5.15 Å². The fraction of sp³-hybridized carbons (Fsp3) is 0.357. The Labute approximate surface area is 111 Å². The van der Waals surface area contributed by atoms with E-state index in [9.17, 15) is 4.79 Å². The molecule has 0 aliphatic heterocycles. The van der Waals surface area contributed by atoms with Crippen molar-refractivity contribution in [2.24, 2.45) is 0 Å². The third kappa shape index (κ3) is 2.16. The van der Waals surface area contributed by atoms with Crippen molar-refractivity contribution in [1.82, 2.24) is 4.57 Å². The molecule has 18 heavy (non-hydrogen) atoms. The van der Waals surface area contributed by atoms with Crippen LogP contribution in [0.1, 0.15) is 22.8 Å². The molecule has 1 aromatic carbocycles. The van der Waals surface area contributed by atoms with Gasteiger partial charge in [0.15, 0.2) is 5.78 Å².